The molecule has 0 saturated carbocycles. The van der Waals surface area contributed by atoms with Gasteiger partial charge in [0.1, 0.15) is 17.3 Å². The van der Waals surface area contributed by atoms with E-state index < -0.39 is 11.8 Å². The lowest BCUT2D eigenvalue weighted by Crippen LogP contribution is -2.05. The van der Waals surface area contributed by atoms with Gasteiger partial charge in [-0.05, 0) is 127 Å². The van der Waals surface area contributed by atoms with Crippen LogP contribution in [0.25, 0.3) is 66.4 Å². The molecule has 5 aromatic carbocycles. The first-order valence-electron chi connectivity index (χ1n) is 20.0. The first kappa shape index (κ1) is 32.2. The normalized spacial score (nSPS) is 12.9. The lowest BCUT2D eigenvalue weighted by atomic mass is 9.93. The van der Waals surface area contributed by atoms with E-state index >= 15 is 0 Å². The number of ether oxygens (including phenoxy) is 1. The maximum Gasteiger partial charge on any atom is 0.139 e. The third-order valence-corrected chi connectivity index (χ3v) is 10.9. The molecule has 0 aliphatic heterocycles. The van der Waals surface area contributed by atoms with Gasteiger partial charge in [0.05, 0.1) is 33.4 Å². The number of rotatable bonds is 7. The summed E-state index contributed by atoms with van der Waals surface area (Å²) >= 11 is 0. The van der Waals surface area contributed by atoms with Crippen LogP contribution >= 0.6 is 0 Å². The largest absolute Gasteiger partial charge is 0.457 e. The minimum atomic E-state index is -0.880. The van der Waals surface area contributed by atoms with Gasteiger partial charge in [-0.25, -0.2) is 4.98 Å². The summed E-state index contributed by atoms with van der Waals surface area (Å²) in [6, 6.07) is 37.9. The molecule has 0 atom stereocenters. The monoisotopic (exact) mass is 720 g/mol. The van der Waals surface area contributed by atoms with Gasteiger partial charge in [0, 0.05) is 54.4 Å². The lowest BCUT2D eigenvalue weighted by molar-refractivity contribution is 0.483. The van der Waals surface area contributed by atoms with E-state index in [1.807, 2.05) is 58.3 Å². The maximum atomic E-state index is 9.38. The zero-order valence-corrected chi connectivity index (χ0v) is 32.7. The smallest absolute Gasteiger partial charge is 0.139 e. The van der Waals surface area contributed by atoms with Crippen molar-refractivity contribution in [3.8, 4) is 34.3 Å². The van der Waals surface area contributed by atoms with Crippen LogP contribution in [0.1, 0.15) is 75.6 Å². The molecule has 0 unspecified atom stereocenters. The Kier molecular flexibility index (Phi) is 7.78. The van der Waals surface area contributed by atoms with Gasteiger partial charge in [-0.15, -0.1) is 0 Å². The molecule has 0 aliphatic rings. The number of hydrogen-bond acceptors (Lipinski definition) is 3. The fourth-order valence-corrected chi connectivity index (χ4v) is 8.63. The zero-order valence-electron chi connectivity index (χ0n) is 34.7. The minimum Gasteiger partial charge on any atom is -0.457 e. The Morgan fingerprint density at radius 3 is 1.89 bits per heavy atom. The molecule has 0 fully saturated rings. The van der Waals surface area contributed by atoms with Crippen LogP contribution in [0.5, 0.6) is 11.5 Å². The molecule has 0 bridgehead atoms. The van der Waals surface area contributed by atoms with Gasteiger partial charge in [-0.3, -0.25) is 9.55 Å². The second-order valence-corrected chi connectivity index (χ2v) is 15.4. The fraction of sp³-hybridized carbons (Fsp3) is 0.200. The summed E-state index contributed by atoms with van der Waals surface area (Å²) < 4.78 is 29.9. The molecule has 9 aromatic rings. The molecular formula is C50H46N4O. The van der Waals surface area contributed by atoms with Crippen molar-refractivity contribution in [2.75, 3.05) is 0 Å². The van der Waals surface area contributed by atoms with Crippen molar-refractivity contribution >= 4 is 43.6 Å². The Labute approximate surface area is 325 Å². The van der Waals surface area contributed by atoms with E-state index in [1.165, 1.54) is 0 Å². The molecule has 5 heteroatoms. The van der Waals surface area contributed by atoms with Gasteiger partial charge < -0.3 is 9.30 Å². The van der Waals surface area contributed by atoms with E-state index in [1.54, 1.807) is 0 Å². The highest BCUT2D eigenvalue weighted by Crippen LogP contribution is 2.43. The zero-order chi connectivity index (χ0) is 40.0. The van der Waals surface area contributed by atoms with Crippen LogP contribution in [0, 0.1) is 27.7 Å². The number of fused-ring (bicyclic) bond motifs is 6. The average Bonchev–Trinajstić information content (AvgIpc) is 3.65. The molecule has 4 heterocycles. The first-order chi connectivity index (χ1) is 27.2. The standard InChI is InChI=1S/C50H46N4O/c1-29(2)47-33(7)13-16-41-42-17-14-34(8)48(30(3)4)50(42)53(49(41)47)36-20-22-52-46(27-36)54-44-12-10-9-11-39(44)40-18-15-37(28-45(40)54)55-38-24-32(6)23-35(26-38)43-25-31(5)19-21-51-43/h9-30H,1-8H3/i29D,30D. The van der Waals surface area contributed by atoms with Crippen LogP contribution in [0.4, 0.5) is 0 Å². The summed E-state index contributed by atoms with van der Waals surface area (Å²) in [4.78, 5) is 9.66. The van der Waals surface area contributed by atoms with Crippen LogP contribution in [-0.4, -0.2) is 19.1 Å². The fourth-order valence-electron chi connectivity index (χ4n) is 8.63. The maximum absolute atomic E-state index is 9.38. The van der Waals surface area contributed by atoms with Crippen molar-refractivity contribution < 1.29 is 7.48 Å². The first-order valence-corrected chi connectivity index (χ1v) is 19.0. The SMILES string of the molecule is [2H]C(C)(C)c1c(C)ccc2c3ccc(C)c(C([2H])(C)C)c3n(-c3ccnc(-n4c5ccccc5c5ccc(Oc6cc(C)cc(-c7cc(C)ccn7)c6)cc54)c3)c12. The molecule has 9 rings (SSSR count). The number of aromatic nitrogens is 4. The van der Waals surface area contributed by atoms with E-state index in [0.717, 1.165) is 111 Å². The molecule has 0 aliphatic carbocycles. The molecule has 0 spiro atoms. The van der Waals surface area contributed by atoms with Crippen molar-refractivity contribution in [1.82, 2.24) is 19.1 Å². The number of nitrogens with zero attached hydrogens (tertiary/aromatic N) is 4. The summed E-state index contributed by atoms with van der Waals surface area (Å²) in [6.07, 6.45) is 3.72. The Morgan fingerprint density at radius 2 is 1.20 bits per heavy atom. The highest BCUT2D eigenvalue weighted by Gasteiger charge is 2.24. The molecule has 0 radical (unpaired) electrons. The van der Waals surface area contributed by atoms with Gasteiger partial charge in [0.2, 0.25) is 0 Å². The van der Waals surface area contributed by atoms with Crippen LogP contribution in [-0.2, 0) is 0 Å². The lowest BCUT2D eigenvalue weighted by Gasteiger charge is -2.19. The second-order valence-electron chi connectivity index (χ2n) is 15.4. The number of hydrogen-bond donors (Lipinski definition) is 0. The molecule has 0 N–H and O–H groups in total. The number of aryl methyl sites for hydroxylation is 4. The average molecular weight is 721 g/mol. The van der Waals surface area contributed by atoms with Crippen LogP contribution in [0.3, 0.4) is 0 Å². The number of benzene rings is 5. The van der Waals surface area contributed by atoms with Crippen molar-refractivity contribution in [2.24, 2.45) is 0 Å². The Hall–Kier alpha value is -6.20. The summed E-state index contributed by atoms with van der Waals surface area (Å²) in [6.45, 7) is 16.2. The van der Waals surface area contributed by atoms with Gasteiger partial charge in [0.15, 0.2) is 0 Å². The minimum absolute atomic E-state index is 0.717. The van der Waals surface area contributed by atoms with Crippen LogP contribution < -0.4 is 4.74 Å². The summed E-state index contributed by atoms with van der Waals surface area (Å²) in [5.41, 5.74) is 13.2. The Bertz CT molecular complexity index is 2990. The predicted molar refractivity (Wildman–Crippen MR) is 230 cm³/mol. The Balaban J connectivity index is 1.27. The van der Waals surface area contributed by atoms with Gasteiger partial charge in [0.25, 0.3) is 0 Å². The third kappa shape index (κ3) is 5.77. The van der Waals surface area contributed by atoms with E-state index in [4.69, 9.17) is 9.72 Å². The van der Waals surface area contributed by atoms with E-state index in [2.05, 4.69) is 133 Å². The topological polar surface area (TPSA) is 44.9 Å². The summed E-state index contributed by atoms with van der Waals surface area (Å²) in [5.74, 6) is 0.459. The molecule has 4 aromatic heterocycles. The molecule has 5 nitrogen and oxygen atoms in total. The van der Waals surface area contributed by atoms with E-state index in [-0.39, 0.29) is 0 Å². The van der Waals surface area contributed by atoms with Crippen LogP contribution in [0.2, 0.25) is 0 Å². The van der Waals surface area contributed by atoms with Crippen molar-refractivity contribution in [1.29, 1.82) is 0 Å². The van der Waals surface area contributed by atoms with Crippen molar-refractivity contribution in [2.45, 2.75) is 67.2 Å². The molecule has 272 valence electrons. The van der Waals surface area contributed by atoms with Gasteiger partial charge in [-0.1, -0.05) is 70.2 Å². The molecule has 0 saturated heterocycles. The highest BCUT2D eigenvalue weighted by molar-refractivity contribution is 6.12. The van der Waals surface area contributed by atoms with Crippen molar-refractivity contribution in [3.05, 3.63) is 155 Å². The second kappa shape index (κ2) is 13.3. The van der Waals surface area contributed by atoms with Crippen molar-refractivity contribution in [3.63, 3.8) is 0 Å². The summed E-state index contributed by atoms with van der Waals surface area (Å²) in [5, 5.41) is 4.37. The highest BCUT2D eigenvalue weighted by atomic mass is 16.5. The summed E-state index contributed by atoms with van der Waals surface area (Å²) in [7, 11) is 0. The number of para-hydroxylation sites is 1. The molecular weight excluding hydrogens is 673 g/mol. The van der Waals surface area contributed by atoms with E-state index in [9.17, 15) is 2.74 Å². The molecule has 0 amide bonds. The number of pyridine rings is 2. The van der Waals surface area contributed by atoms with E-state index in [0.29, 0.717) is 0 Å². The van der Waals surface area contributed by atoms with Crippen LogP contribution in [0.15, 0.2) is 122 Å². The molecule has 55 heavy (non-hydrogen) atoms. The predicted octanol–water partition coefficient (Wildman–Crippen LogP) is 13.6. The quantitative estimate of drug-likeness (QED) is 0.165. The van der Waals surface area contributed by atoms with Gasteiger partial charge >= 0.3 is 0 Å². The van der Waals surface area contributed by atoms with Gasteiger partial charge in [-0.2, -0.15) is 0 Å². The third-order valence-electron chi connectivity index (χ3n) is 10.9. The Morgan fingerprint density at radius 1 is 0.545 bits per heavy atom.